The molecule has 0 radical (unpaired) electrons. The number of benzene rings is 2. The van der Waals surface area contributed by atoms with E-state index in [1.165, 1.54) is 0 Å². The molecule has 0 aliphatic heterocycles. The topological polar surface area (TPSA) is 46.2 Å². The van der Waals surface area contributed by atoms with E-state index in [1.807, 2.05) is 48.5 Å². The van der Waals surface area contributed by atoms with Crippen molar-refractivity contribution in [3.05, 3.63) is 54.1 Å². The molecule has 2 aromatic rings. The Morgan fingerprint density at radius 3 is 2.38 bits per heavy atom. The lowest BCUT2D eigenvalue weighted by Crippen LogP contribution is -1.99. The van der Waals surface area contributed by atoms with E-state index in [4.69, 9.17) is 10.8 Å². The van der Waals surface area contributed by atoms with Crippen molar-refractivity contribution in [3.8, 4) is 11.1 Å². The van der Waals surface area contributed by atoms with Crippen LogP contribution in [0.5, 0.6) is 0 Å². The Balaban J connectivity index is 2.46. The van der Waals surface area contributed by atoms with Crippen molar-refractivity contribution in [2.24, 2.45) is 0 Å². The summed E-state index contributed by atoms with van der Waals surface area (Å²) in [5, 5.41) is 8.95. The van der Waals surface area contributed by atoms with Gasteiger partial charge >= 0.3 is 0 Å². The summed E-state index contributed by atoms with van der Waals surface area (Å²) in [6.07, 6.45) is 0.604. The molecule has 2 aromatic carbocycles. The number of anilines is 1. The van der Waals surface area contributed by atoms with E-state index in [2.05, 4.69) is 0 Å². The number of aliphatic hydroxyl groups is 1. The summed E-state index contributed by atoms with van der Waals surface area (Å²) in [4.78, 5) is 0. The monoisotopic (exact) mass is 213 g/mol. The van der Waals surface area contributed by atoms with Gasteiger partial charge in [-0.05, 0) is 17.5 Å². The second-order valence-electron chi connectivity index (χ2n) is 3.72. The zero-order valence-electron chi connectivity index (χ0n) is 9.06. The van der Waals surface area contributed by atoms with Crippen molar-refractivity contribution in [1.29, 1.82) is 0 Å². The highest BCUT2D eigenvalue weighted by atomic mass is 16.2. The number of nitrogen functional groups attached to an aromatic ring is 1. The maximum Gasteiger partial charge on any atom is 0.0472 e. The van der Waals surface area contributed by atoms with Crippen LogP contribution in [0.25, 0.3) is 11.1 Å². The SMILES string of the molecule is Nc1c(CCO)cccc1-c1ccccc1. The van der Waals surface area contributed by atoms with Crippen molar-refractivity contribution < 1.29 is 5.11 Å². The Morgan fingerprint density at radius 1 is 0.938 bits per heavy atom. The van der Waals surface area contributed by atoms with Crippen molar-refractivity contribution in [2.75, 3.05) is 12.3 Å². The van der Waals surface area contributed by atoms with Crippen LogP contribution in [0, 0.1) is 0 Å². The largest absolute Gasteiger partial charge is 0.398 e. The lowest BCUT2D eigenvalue weighted by Gasteiger charge is -2.10. The molecule has 0 atom stereocenters. The molecule has 16 heavy (non-hydrogen) atoms. The molecule has 0 heterocycles. The maximum atomic E-state index is 8.95. The Hall–Kier alpha value is -1.80. The van der Waals surface area contributed by atoms with Gasteiger partial charge in [0, 0.05) is 17.9 Å². The summed E-state index contributed by atoms with van der Waals surface area (Å²) in [6.45, 7) is 0.127. The van der Waals surface area contributed by atoms with E-state index in [9.17, 15) is 0 Å². The standard InChI is InChI=1S/C14H15NO/c15-14-12(9-10-16)7-4-8-13(14)11-5-2-1-3-6-11/h1-8,16H,9-10,15H2. The minimum absolute atomic E-state index is 0.127. The first-order valence-corrected chi connectivity index (χ1v) is 5.36. The van der Waals surface area contributed by atoms with Gasteiger partial charge in [-0.25, -0.2) is 0 Å². The third kappa shape index (κ3) is 2.07. The number of aliphatic hydroxyl groups excluding tert-OH is 1. The summed E-state index contributed by atoms with van der Waals surface area (Å²) in [5.74, 6) is 0. The molecule has 0 fully saturated rings. The number of rotatable bonds is 3. The van der Waals surface area contributed by atoms with Gasteiger partial charge in [-0.1, -0.05) is 48.5 Å². The molecule has 3 N–H and O–H groups in total. The number of nitrogens with two attached hydrogens (primary N) is 1. The Bertz CT molecular complexity index is 465. The van der Waals surface area contributed by atoms with Crippen molar-refractivity contribution in [3.63, 3.8) is 0 Å². The molecule has 0 saturated carbocycles. The van der Waals surface area contributed by atoms with Crippen molar-refractivity contribution in [2.45, 2.75) is 6.42 Å². The van der Waals surface area contributed by atoms with E-state index in [1.54, 1.807) is 0 Å². The summed E-state index contributed by atoms with van der Waals surface area (Å²) < 4.78 is 0. The molecule has 0 bridgehead atoms. The van der Waals surface area contributed by atoms with E-state index in [0.717, 1.165) is 22.4 Å². The molecule has 2 heteroatoms. The predicted molar refractivity (Wildman–Crippen MR) is 67.1 cm³/mol. The van der Waals surface area contributed by atoms with Gasteiger partial charge in [-0.2, -0.15) is 0 Å². The van der Waals surface area contributed by atoms with Gasteiger partial charge in [-0.15, -0.1) is 0 Å². The first-order valence-electron chi connectivity index (χ1n) is 5.36. The fourth-order valence-electron chi connectivity index (χ4n) is 1.82. The summed E-state index contributed by atoms with van der Waals surface area (Å²) in [7, 11) is 0. The minimum atomic E-state index is 0.127. The van der Waals surface area contributed by atoms with Crippen LogP contribution in [0.2, 0.25) is 0 Å². The van der Waals surface area contributed by atoms with Crippen molar-refractivity contribution >= 4 is 5.69 Å². The van der Waals surface area contributed by atoms with E-state index < -0.39 is 0 Å². The smallest absolute Gasteiger partial charge is 0.0472 e. The molecule has 2 rings (SSSR count). The van der Waals surface area contributed by atoms with Gasteiger partial charge in [0.05, 0.1) is 0 Å². The van der Waals surface area contributed by atoms with E-state index in [-0.39, 0.29) is 6.61 Å². The Morgan fingerprint density at radius 2 is 1.69 bits per heavy atom. The fraction of sp³-hybridized carbons (Fsp3) is 0.143. The van der Waals surface area contributed by atoms with E-state index in [0.29, 0.717) is 6.42 Å². The van der Waals surface area contributed by atoms with Gasteiger partial charge in [0.15, 0.2) is 0 Å². The van der Waals surface area contributed by atoms with Crippen LogP contribution < -0.4 is 5.73 Å². The quantitative estimate of drug-likeness (QED) is 0.769. The average Bonchev–Trinajstić information content (AvgIpc) is 2.33. The van der Waals surface area contributed by atoms with Crippen LogP contribution in [-0.2, 0) is 6.42 Å². The molecule has 2 nitrogen and oxygen atoms in total. The maximum absolute atomic E-state index is 8.95. The predicted octanol–water partition coefficient (Wildman–Crippen LogP) is 2.47. The van der Waals surface area contributed by atoms with Crippen LogP contribution in [0.3, 0.4) is 0 Å². The van der Waals surface area contributed by atoms with Crippen molar-refractivity contribution in [1.82, 2.24) is 0 Å². The van der Waals surface area contributed by atoms with Crippen LogP contribution >= 0.6 is 0 Å². The highest BCUT2D eigenvalue weighted by molar-refractivity contribution is 5.78. The lowest BCUT2D eigenvalue weighted by atomic mass is 9.99. The third-order valence-corrected chi connectivity index (χ3v) is 2.66. The van der Waals surface area contributed by atoms with Gasteiger partial charge in [-0.3, -0.25) is 0 Å². The highest BCUT2D eigenvalue weighted by Crippen LogP contribution is 2.28. The zero-order valence-corrected chi connectivity index (χ0v) is 9.06. The molecule has 0 aromatic heterocycles. The second-order valence-corrected chi connectivity index (χ2v) is 3.72. The lowest BCUT2D eigenvalue weighted by molar-refractivity contribution is 0.300. The molecule has 0 spiro atoms. The Labute approximate surface area is 95.4 Å². The molecular weight excluding hydrogens is 198 g/mol. The minimum Gasteiger partial charge on any atom is -0.398 e. The molecular formula is C14H15NO. The van der Waals surface area contributed by atoms with Gasteiger partial charge in [0.25, 0.3) is 0 Å². The zero-order chi connectivity index (χ0) is 11.4. The third-order valence-electron chi connectivity index (χ3n) is 2.66. The number of hydrogen-bond acceptors (Lipinski definition) is 2. The molecule has 0 aliphatic carbocycles. The second kappa shape index (κ2) is 4.81. The van der Waals surface area contributed by atoms with E-state index >= 15 is 0 Å². The van der Waals surface area contributed by atoms with Gasteiger partial charge in [0.2, 0.25) is 0 Å². The summed E-state index contributed by atoms with van der Waals surface area (Å²) in [6, 6.07) is 16.0. The van der Waals surface area contributed by atoms with Crippen LogP contribution in [0.15, 0.2) is 48.5 Å². The molecule has 82 valence electrons. The Kier molecular flexibility index (Phi) is 3.22. The molecule has 0 amide bonds. The summed E-state index contributed by atoms with van der Waals surface area (Å²) >= 11 is 0. The first-order chi connectivity index (χ1) is 7.83. The number of hydrogen-bond donors (Lipinski definition) is 2. The molecule has 0 unspecified atom stereocenters. The first kappa shape index (κ1) is 10.7. The van der Waals surface area contributed by atoms with Crippen LogP contribution in [-0.4, -0.2) is 11.7 Å². The van der Waals surface area contributed by atoms with Gasteiger partial charge in [0.1, 0.15) is 0 Å². The highest BCUT2D eigenvalue weighted by Gasteiger charge is 2.05. The number of para-hydroxylation sites is 1. The molecule has 0 saturated heterocycles. The van der Waals surface area contributed by atoms with Crippen LogP contribution in [0.4, 0.5) is 5.69 Å². The summed E-state index contributed by atoms with van der Waals surface area (Å²) in [5.41, 5.74) is 10.0. The fourth-order valence-corrected chi connectivity index (χ4v) is 1.82. The normalized spacial score (nSPS) is 10.3. The van der Waals surface area contributed by atoms with Gasteiger partial charge < -0.3 is 10.8 Å². The average molecular weight is 213 g/mol. The molecule has 0 aliphatic rings. The van der Waals surface area contributed by atoms with Crippen LogP contribution in [0.1, 0.15) is 5.56 Å².